The molecule has 2 amide bonds. The number of ether oxygens (including phenoxy) is 2. The van der Waals surface area contributed by atoms with Gasteiger partial charge in [-0.2, -0.15) is 0 Å². The third-order valence-corrected chi connectivity index (χ3v) is 6.34. The molecule has 30 heavy (non-hydrogen) atoms. The van der Waals surface area contributed by atoms with E-state index in [0.717, 1.165) is 0 Å². The summed E-state index contributed by atoms with van der Waals surface area (Å²) in [6.45, 7) is -0.287. The number of rotatable bonds is 6. The van der Waals surface area contributed by atoms with E-state index in [1.54, 1.807) is 36.4 Å². The van der Waals surface area contributed by atoms with Crippen LogP contribution in [0.5, 0.6) is 11.5 Å². The fourth-order valence-electron chi connectivity index (χ4n) is 2.46. The van der Waals surface area contributed by atoms with Gasteiger partial charge in [-0.05, 0) is 51.8 Å². The number of nitrogens with one attached hydrogen (secondary N) is 2. The highest BCUT2D eigenvalue weighted by molar-refractivity contribution is 9.10. The third-order valence-electron chi connectivity index (χ3n) is 3.76. The molecule has 0 saturated carbocycles. The molecule has 1 aliphatic heterocycles. The van der Waals surface area contributed by atoms with Gasteiger partial charge in [-0.25, -0.2) is 0 Å². The van der Waals surface area contributed by atoms with Gasteiger partial charge in [-0.1, -0.05) is 53.2 Å². The van der Waals surface area contributed by atoms with Crippen LogP contribution in [0, 0.1) is 0 Å². The molecule has 0 atom stereocenters. The molecule has 1 fully saturated rings. The second kappa shape index (κ2) is 10.0. The minimum atomic E-state index is -0.424. The molecule has 0 bridgehead atoms. The Hall–Kier alpha value is -1.78. The zero-order valence-corrected chi connectivity index (χ0v) is 20.0. The largest absolute Gasteiger partial charge is 0.493 e. The van der Waals surface area contributed by atoms with Crippen LogP contribution in [0.4, 0.5) is 5.69 Å². The van der Waals surface area contributed by atoms with Crippen molar-refractivity contribution < 1.29 is 19.1 Å². The van der Waals surface area contributed by atoms with Crippen molar-refractivity contribution in [1.29, 1.82) is 0 Å². The summed E-state index contributed by atoms with van der Waals surface area (Å²) < 4.78 is 12.0. The van der Waals surface area contributed by atoms with E-state index in [1.165, 1.54) is 18.9 Å². The molecule has 0 aliphatic carbocycles. The maximum Gasteiger partial charge on any atom is 0.263 e. The molecule has 0 spiro atoms. The number of thioether (sulfide) groups is 1. The van der Waals surface area contributed by atoms with Crippen LogP contribution >= 0.6 is 63.1 Å². The highest BCUT2D eigenvalue weighted by Gasteiger charge is 2.22. The van der Waals surface area contributed by atoms with Crippen molar-refractivity contribution in [3.63, 3.8) is 0 Å². The van der Waals surface area contributed by atoms with Crippen molar-refractivity contribution >= 4 is 91.0 Å². The standard InChI is InChI=1S/C19H13BrCl2N2O4S2/c1-27-13-6-9(7-14-18(26)24-19(29)30-14)5-10(20)17(13)28-8-15(25)23-12-4-2-3-11(21)16(12)22/h2-7H,8H2,1H3,(H,23,25)(H,24,26,29)/b14-7-. The number of thiocarbonyl (C=S) groups is 1. The summed E-state index contributed by atoms with van der Waals surface area (Å²) in [4.78, 5) is 24.6. The number of amides is 2. The van der Waals surface area contributed by atoms with E-state index in [4.69, 9.17) is 44.9 Å². The molecule has 1 heterocycles. The molecule has 1 saturated heterocycles. The van der Waals surface area contributed by atoms with Crippen LogP contribution in [0.2, 0.25) is 10.0 Å². The van der Waals surface area contributed by atoms with Crippen LogP contribution < -0.4 is 20.1 Å². The maximum atomic E-state index is 12.3. The van der Waals surface area contributed by atoms with Gasteiger partial charge in [0.05, 0.1) is 32.2 Å². The van der Waals surface area contributed by atoms with Crippen LogP contribution in [0.15, 0.2) is 39.7 Å². The van der Waals surface area contributed by atoms with Gasteiger partial charge in [0, 0.05) is 0 Å². The van der Waals surface area contributed by atoms with Gasteiger partial charge >= 0.3 is 0 Å². The lowest BCUT2D eigenvalue weighted by Crippen LogP contribution is -2.20. The van der Waals surface area contributed by atoms with E-state index in [0.29, 0.717) is 41.5 Å². The van der Waals surface area contributed by atoms with Crippen molar-refractivity contribution in [2.45, 2.75) is 0 Å². The molecular weight excluding hydrogens is 535 g/mol. The Labute approximate surface area is 200 Å². The normalized spacial score (nSPS) is 14.6. The highest BCUT2D eigenvalue weighted by Crippen LogP contribution is 2.38. The molecule has 2 N–H and O–H groups in total. The summed E-state index contributed by atoms with van der Waals surface area (Å²) in [5, 5.41) is 5.78. The Kier molecular flexibility index (Phi) is 7.65. The van der Waals surface area contributed by atoms with E-state index in [-0.39, 0.29) is 17.5 Å². The van der Waals surface area contributed by atoms with Crippen LogP contribution in [0.1, 0.15) is 5.56 Å². The van der Waals surface area contributed by atoms with Gasteiger partial charge in [-0.3, -0.25) is 9.59 Å². The van der Waals surface area contributed by atoms with E-state index in [9.17, 15) is 9.59 Å². The summed E-state index contributed by atoms with van der Waals surface area (Å²) in [6.07, 6.45) is 1.68. The molecule has 156 valence electrons. The van der Waals surface area contributed by atoms with Gasteiger partial charge in [-0.15, -0.1) is 0 Å². The topological polar surface area (TPSA) is 76.7 Å². The monoisotopic (exact) mass is 546 g/mol. The second-order valence-corrected chi connectivity index (χ2v) is 9.18. The lowest BCUT2D eigenvalue weighted by molar-refractivity contribution is -0.118. The first-order chi connectivity index (χ1) is 14.3. The molecule has 0 radical (unpaired) electrons. The fraction of sp³-hybridized carbons (Fsp3) is 0.105. The average molecular weight is 548 g/mol. The number of carbonyl (C=O) groups excluding carboxylic acids is 2. The van der Waals surface area contributed by atoms with Crippen molar-refractivity contribution in [1.82, 2.24) is 5.32 Å². The van der Waals surface area contributed by atoms with E-state index >= 15 is 0 Å². The summed E-state index contributed by atoms with van der Waals surface area (Å²) in [6, 6.07) is 8.36. The molecule has 1 aliphatic rings. The molecule has 0 aromatic heterocycles. The first-order valence-electron chi connectivity index (χ1n) is 8.27. The zero-order chi connectivity index (χ0) is 21.8. The van der Waals surface area contributed by atoms with E-state index < -0.39 is 5.91 Å². The van der Waals surface area contributed by atoms with Crippen molar-refractivity contribution in [3.8, 4) is 11.5 Å². The van der Waals surface area contributed by atoms with Gasteiger partial charge in [0.1, 0.15) is 4.32 Å². The summed E-state index contributed by atoms with van der Waals surface area (Å²) >= 11 is 21.6. The molecule has 2 aromatic rings. The first kappa shape index (κ1) is 22.9. The number of hydrogen-bond acceptors (Lipinski definition) is 6. The number of methoxy groups -OCH3 is 1. The number of anilines is 1. The Bertz CT molecular complexity index is 1080. The van der Waals surface area contributed by atoms with Crippen molar-refractivity contribution in [3.05, 3.63) is 55.3 Å². The van der Waals surface area contributed by atoms with Crippen molar-refractivity contribution in [2.24, 2.45) is 0 Å². The first-order valence-corrected chi connectivity index (χ1v) is 11.0. The Morgan fingerprint density at radius 3 is 2.80 bits per heavy atom. The minimum absolute atomic E-state index is 0.247. The van der Waals surface area contributed by atoms with Crippen LogP contribution in [-0.2, 0) is 9.59 Å². The van der Waals surface area contributed by atoms with Gasteiger partial charge in [0.25, 0.3) is 11.8 Å². The smallest absolute Gasteiger partial charge is 0.263 e. The second-order valence-electron chi connectivity index (χ2n) is 5.82. The van der Waals surface area contributed by atoms with Gasteiger partial charge < -0.3 is 20.1 Å². The highest BCUT2D eigenvalue weighted by atomic mass is 79.9. The minimum Gasteiger partial charge on any atom is -0.493 e. The molecule has 6 nitrogen and oxygen atoms in total. The Morgan fingerprint density at radius 1 is 1.37 bits per heavy atom. The Morgan fingerprint density at radius 2 is 2.13 bits per heavy atom. The van der Waals surface area contributed by atoms with E-state index in [2.05, 4.69) is 26.6 Å². The summed E-state index contributed by atoms with van der Waals surface area (Å²) in [7, 11) is 1.48. The van der Waals surface area contributed by atoms with E-state index in [1.807, 2.05) is 0 Å². The number of carbonyl (C=O) groups is 2. The quantitative estimate of drug-likeness (QED) is 0.379. The van der Waals surface area contributed by atoms with Crippen LogP contribution in [0.3, 0.4) is 0 Å². The number of benzene rings is 2. The fourth-order valence-corrected chi connectivity index (χ4v) is 4.43. The Balaban J connectivity index is 1.74. The lowest BCUT2D eigenvalue weighted by atomic mass is 10.2. The SMILES string of the molecule is COc1cc(/C=C2\SC(=S)NC2=O)cc(Br)c1OCC(=O)Nc1cccc(Cl)c1Cl. The van der Waals surface area contributed by atoms with Crippen LogP contribution in [-0.4, -0.2) is 29.9 Å². The third kappa shape index (κ3) is 5.47. The zero-order valence-electron chi connectivity index (χ0n) is 15.3. The molecule has 0 unspecified atom stereocenters. The molecular formula is C19H13BrCl2N2O4S2. The summed E-state index contributed by atoms with van der Waals surface area (Å²) in [5.41, 5.74) is 1.08. The number of hydrogen-bond donors (Lipinski definition) is 2. The van der Waals surface area contributed by atoms with Crippen molar-refractivity contribution in [2.75, 3.05) is 19.0 Å². The molecule has 2 aromatic carbocycles. The van der Waals surface area contributed by atoms with Crippen LogP contribution in [0.25, 0.3) is 6.08 Å². The number of halogens is 3. The van der Waals surface area contributed by atoms with Gasteiger partial charge in [0.2, 0.25) is 0 Å². The molecule has 3 rings (SSSR count). The molecule has 11 heteroatoms. The lowest BCUT2D eigenvalue weighted by Gasteiger charge is -2.14. The maximum absolute atomic E-state index is 12.3. The van der Waals surface area contributed by atoms with Gasteiger partial charge in [0.15, 0.2) is 18.1 Å². The predicted octanol–water partition coefficient (Wildman–Crippen LogP) is 5.27. The average Bonchev–Trinajstić information content (AvgIpc) is 3.01. The predicted molar refractivity (Wildman–Crippen MR) is 128 cm³/mol. The summed E-state index contributed by atoms with van der Waals surface area (Å²) in [5.74, 6) is 0.0467.